The molecule has 12 nitrogen and oxygen atoms in total. The van der Waals surface area contributed by atoms with Crippen LogP contribution in [0.2, 0.25) is 0 Å². The zero-order valence-electron chi connectivity index (χ0n) is 21.0. The summed E-state index contributed by atoms with van der Waals surface area (Å²) in [4.78, 5) is 37.3. The zero-order valence-corrected chi connectivity index (χ0v) is 21.9. The van der Waals surface area contributed by atoms with E-state index in [1.54, 1.807) is 24.5 Å². The summed E-state index contributed by atoms with van der Waals surface area (Å²) >= 11 is 0. The van der Waals surface area contributed by atoms with Crippen molar-refractivity contribution in [3.8, 4) is 11.1 Å². The molecule has 1 aliphatic rings. The van der Waals surface area contributed by atoms with Gasteiger partial charge in [0.1, 0.15) is 6.10 Å². The first-order chi connectivity index (χ1) is 18.8. The maximum atomic E-state index is 13.4. The zero-order chi connectivity index (χ0) is 27.7. The molecular formula is C26H30N6O6S. The predicted molar refractivity (Wildman–Crippen MR) is 144 cm³/mol. The number of imidazole rings is 1. The van der Waals surface area contributed by atoms with Crippen LogP contribution in [-0.4, -0.2) is 59.9 Å². The SMILES string of the molecule is O=C(CC1CC=NO1)NC(CCCCNc1ncc[nH]1)(NS(=O)(=O)c1ccc(-c2ccccc2)cc1)C(=O)O. The number of oxime groups is 1. The number of aromatic nitrogens is 2. The van der Waals surface area contributed by atoms with E-state index < -0.39 is 33.7 Å². The number of carboxylic acid groups (broad SMARTS) is 1. The first-order valence-corrected chi connectivity index (χ1v) is 13.9. The standard InChI is InChI=1S/C26H30N6O6S/c33-23(18-21-12-15-30-38-21)31-26(24(34)35,13-4-5-14-27-25-28-16-17-29-25)32-39(36,37)22-10-8-20(9-11-22)19-6-2-1-3-7-19/h1-3,6-11,15-17,21,32H,4-5,12-14,18H2,(H,31,33)(H,34,35)(H2,27,28,29). The number of H-pyrrole nitrogens is 1. The Balaban J connectivity index is 1.50. The number of rotatable bonds is 14. The second-order valence-corrected chi connectivity index (χ2v) is 10.7. The Kier molecular flexibility index (Phi) is 8.94. The third-order valence-corrected chi connectivity index (χ3v) is 7.64. The smallest absolute Gasteiger partial charge is 0.345 e. The number of nitrogens with zero attached hydrogens (tertiary/aromatic N) is 2. The first kappa shape index (κ1) is 27.8. The van der Waals surface area contributed by atoms with Crippen LogP contribution < -0.4 is 15.4 Å². The Morgan fingerprint density at radius 2 is 1.82 bits per heavy atom. The van der Waals surface area contributed by atoms with E-state index in [4.69, 9.17) is 4.84 Å². The molecule has 5 N–H and O–H groups in total. The predicted octanol–water partition coefficient (Wildman–Crippen LogP) is 2.70. The molecule has 0 saturated heterocycles. The minimum absolute atomic E-state index is 0.130. The lowest BCUT2D eigenvalue weighted by Crippen LogP contribution is -2.65. The molecule has 0 fully saturated rings. The molecule has 206 valence electrons. The van der Waals surface area contributed by atoms with E-state index in [2.05, 4.69) is 30.5 Å². The van der Waals surface area contributed by atoms with Crippen LogP contribution >= 0.6 is 0 Å². The van der Waals surface area contributed by atoms with E-state index in [1.807, 2.05) is 30.3 Å². The number of carbonyl (C=O) groups excluding carboxylic acids is 1. The van der Waals surface area contributed by atoms with Gasteiger partial charge in [-0.2, -0.15) is 4.72 Å². The molecule has 3 aromatic rings. The Morgan fingerprint density at radius 1 is 1.08 bits per heavy atom. The Labute approximate surface area is 225 Å². The maximum Gasteiger partial charge on any atom is 0.345 e. The van der Waals surface area contributed by atoms with Gasteiger partial charge in [0, 0.05) is 31.6 Å². The van der Waals surface area contributed by atoms with Gasteiger partial charge in [-0.15, -0.1) is 0 Å². The minimum atomic E-state index is -4.35. The molecule has 0 bridgehead atoms. The van der Waals surface area contributed by atoms with Crippen molar-refractivity contribution >= 4 is 34.1 Å². The second-order valence-electron chi connectivity index (χ2n) is 9.03. The number of aromatic amines is 1. The van der Waals surface area contributed by atoms with Gasteiger partial charge in [-0.05, 0) is 42.5 Å². The van der Waals surface area contributed by atoms with E-state index in [0.29, 0.717) is 25.3 Å². The molecule has 0 spiro atoms. The van der Waals surface area contributed by atoms with Gasteiger partial charge < -0.3 is 25.6 Å². The third kappa shape index (κ3) is 7.42. The molecule has 1 aromatic heterocycles. The number of aliphatic carboxylic acids is 1. The number of carbonyl (C=O) groups is 2. The van der Waals surface area contributed by atoms with Gasteiger partial charge in [0.25, 0.3) is 0 Å². The number of amides is 1. The number of anilines is 1. The lowest BCUT2D eigenvalue weighted by molar-refractivity contribution is -0.149. The van der Waals surface area contributed by atoms with Crippen molar-refractivity contribution in [2.75, 3.05) is 11.9 Å². The number of sulfonamides is 1. The van der Waals surface area contributed by atoms with Gasteiger partial charge in [0.2, 0.25) is 21.6 Å². The van der Waals surface area contributed by atoms with E-state index in [1.165, 1.54) is 18.3 Å². The molecule has 2 heterocycles. The number of carboxylic acids is 1. The first-order valence-electron chi connectivity index (χ1n) is 12.4. The quantitative estimate of drug-likeness (QED) is 0.149. The van der Waals surface area contributed by atoms with Crippen LogP contribution in [0.15, 0.2) is 77.0 Å². The molecule has 2 atom stereocenters. The lowest BCUT2D eigenvalue weighted by atomic mass is 10.0. The molecule has 0 saturated carbocycles. The number of unbranched alkanes of at least 4 members (excludes halogenated alkanes) is 1. The number of hydrogen-bond donors (Lipinski definition) is 5. The van der Waals surface area contributed by atoms with Crippen LogP contribution in [0.5, 0.6) is 0 Å². The van der Waals surface area contributed by atoms with Gasteiger partial charge >= 0.3 is 5.97 Å². The second kappa shape index (κ2) is 12.5. The van der Waals surface area contributed by atoms with Gasteiger partial charge in [-0.3, -0.25) is 4.79 Å². The van der Waals surface area contributed by atoms with E-state index >= 15 is 0 Å². The normalized spacial score (nSPS) is 16.3. The number of nitrogens with one attached hydrogen (secondary N) is 4. The van der Waals surface area contributed by atoms with Crippen molar-refractivity contribution in [2.24, 2.45) is 5.16 Å². The van der Waals surface area contributed by atoms with Crippen molar-refractivity contribution in [2.45, 2.75) is 48.8 Å². The van der Waals surface area contributed by atoms with Gasteiger partial charge in [0.05, 0.1) is 11.3 Å². The Morgan fingerprint density at radius 3 is 2.46 bits per heavy atom. The molecule has 2 unspecified atom stereocenters. The fourth-order valence-electron chi connectivity index (χ4n) is 4.12. The largest absolute Gasteiger partial charge is 0.478 e. The van der Waals surface area contributed by atoms with Crippen molar-refractivity contribution in [1.29, 1.82) is 0 Å². The summed E-state index contributed by atoms with van der Waals surface area (Å²) in [6.07, 6.45) is 5.00. The molecule has 39 heavy (non-hydrogen) atoms. The summed E-state index contributed by atoms with van der Waals surface area (Å²) in [5.41, 5.74) is -0.573. The molecule has 4 rings (SSSR count). The minimum Gasteiger partial charge on any atom is -0.478 e. The molecule has 0 aliphatic carbocycles. The molecule has 13 heteroatoms. The summed E-state index contributed by atoms with van der Waals surface area (Å²) in [7, 11) is -4.35. The average molecular weight is 555 g/mol. The van der Waals surface area contributed by atoms with Crippen LogP contribution in [0.3, 0.4) is 0 Å². The van der Waals surface area contributed by atoms with Crippen LogP contribution in [0.25, 0.3) is 11.1 Å². The molecule has 1 amide bonds. The van der Waals surface area contributed by atoms with Crippen LogP contribution in [0.4, 0.5) is 5.95 Å². The highest BCUT2D eigenvalue weighted by Crippen LogP contribution is 2.23. The highest BCUT2D eigenvalue weighted by molar-refractivity contribution is 7.89. The summed E-state index contributed by atoms with van der Waals surface area (Å²) in [6.45, 7) is 0.456. The van der Waals surface area contributed by atoms with E-state index in [9.17, 15) is 23.1 Å². The molecule has 0 radical (unpaired) electrons. The number of benzene rings is 2. The topological polar surface area (TPSA) is 175 Å². The van der Waals surface area contributed by atoms with Crippen LogP contribution in [-0.2, 0) is 24.4 Å². The van der Waals surface area contributed by atoms with Crippen LogP contribution in [0, 0.1) is 0 Å². The third-order valence-electron chi connectivity index (χ3n) is 6.13. The highest BCUT2D eigenvalue weighted by atomic mass is 32.2. The van der Waals surface area contributed by atoms with Gasteiger partial charge in [-0.25, -0.2) is 18.2 Å². The maximum absolute atomic E-state index is 13.4. The van der Waals surface area contributed by atoms with Gasteiger partial charge in [0.15, 0.2) is 5.95 Å². The van der Waals surface area contributed by atoms with Gasteiger partial charge in [-0.1, -0.05) is 47.6 Å². The summed E-state index contributed by atoms with van der Waals surface area (Å²) in [5, 5.41) is 19.3. The van der Waals surface area contributed by atoms with Crippen molar-refractivity contribution in [1.82, 2.24) is 20.0 Å². The Bertz CT molecular complexity index is 1370. The fraction of sp³-hybridized carbons (Fsp3) is 0.308. The highest BCUT2D eigenvalue weighted by Gasteiger charge is 2.44. The van der Waals surface area contributed by atoms with Crippen LogP contribution in [0.1, 0.15) is 32.1 Å². The molecule has 1 aliphatic heterocycles. The number of hydrogen-bond acceptors (Lipinski definition) is 8. The molecular weight excluding hydrogens is 524 g/mol. The van der Waals surface area contributed by atoms with E-state index in [-0.39, 0.29) is 24.2 Å². The van der Waals surface area contributed by atoms with Crippen molar-refractivity contribution < 1.29 is 28.0 Å². The summed E-state index contributed by atoms with van der Waals surface area (Å²) < 4.78 is 29.0. The summed E-state index contributed by atoms with van der Waals surface area (Å²) in [6, 6.07) is 15.5. The molecule has 2 aromatic carbocycles. The van der Waals surface area contributed by atoms with E-state index in [0.717, 1.165) is 11.1 Å². The van der Waals surface area contributed by atoms with Crippen molar-refractivity contribution in [3.63, 3.8) is 0 Å². The monoisotopic (exact) mass is 554 g/mol. The fourth-order valence-corrected chi connectivity index (χ4v) is 5.43. The Hall–Kier alpha value is -4.23. The summed E-state index contributed by atoms with van der Waals surface area (Å²) in [5.74, 6) is -1.64. The van der Waals surface area contributed by atoms with Crippen molar-refractivity contribution in [3.05, 3.63) is 67.0 Å². The lowest BCUT2D eigenvalue weighted by Gasteiger charge is -2.31. The average Bonchev–Trinajstić information content (AvgIpc) is 3.63.